The minimum atomic E-state index is -0.989. The van der Waals surface area contributed by atoms with Gasteiger partial charge in [-0.15, -0.1) is 0 Å². The maximum absolute atomic E-state index is 12.9. The zero-order chi connectivity index (χ0) is 12.4. The molecule has 1 fully saturated rings. The van der Waals surface area contributed by atoms with E-state index >= 15 is 0 Å². The first-order valence-electron chi connectivity index (χ1n) is 5.48. The molecule has 92 valence electrons. The number of hydrogen-bond acceptors (Lipinski definition) is 2. The largest absolute Gasteiger partial charge is 0.481 e. The summed E-state index contributed by atoms with van der Waals surface area (Å²) in [5.41, 5.74) is 0. The van der Waals surface area contributed by atoms with Crippen LogP contribution in [-0.2, 0) is 4.79 Å². The van der Waals surface area contributed by atoms with Crippen molar-refractivity contribution >= 4 is 5.91 Å². The molecule has 1 N–H and O–H groups in total. The molecule has 0 aromatic heterocycles. The molecule has 1 unspecified atom stereocenters. The van der Waals surface area contributed by atoms with E-state index in [1.165, 1.54) is 6.07 Å². The highest BCUT2D eigenvalue weighted by molar-refractivity contribution is 5.81. The molecule has 17 heavy (non-hydrogen) atoms. The van der Waals surface area contributed by atoms with Gasteiger partial charge in [0.05, 0.1) is 0 Å². The van der Waals surface area contributed by atoms with Gasteiger partial charge in [-0.3, -0.25) is 4.79 Å². The Hall–Kier alpha value is -1.65. The van der Waals surface area contributed by atoms with Crippen molar-refractivity contribution in [2.45, 2.75) is 31.9 Å². The zero-order valence-corrected chi connectivity index (χ0v) is 9.37. The molecule has 1 aromatic rings. The number of hydrogen-bond donors (Lipinski definition) is 1. The molecule has 0 heterocycles. The average Bonchev–Trinajstić information content (AvgIpc) is 3.07. The predicted molar refractivity (Wildman–Crippen MR) is 57.6 cm³/mol. The van der Waals surface area contributed by atoms with E-state index in [9.17, 15) is 13.6 Å². The first-order valence-corrected chi connectivity index (χ1v) is 5.48. The van der Waals surface area contributed by atoms with Crippen LogP contribution in [0.15, 0.2) is 18.2 Å². The first-order chi connectivity index (χ1) is 8.06. The lowest BCUT2D eigenvalue weighted by Gasteiger charge is -2.14. The fraction of sp³-hybridized carbons (Fsp3) is 0.417. The van der Waals surface area contributed by atoms with Crippen LogP contribution in [0.5, 0.6) is 5.75 Å². The molecule has 5 heteroatoms. The fourth-order valence-corrected chi connectivity index (χ4v) is 1.35. The van der Waals surface area contributed by atoms with Crippen molar-refractivity contribution in [1.29, 1.82) is 0 Å². The number of ether oxygens (including phenoxy) is 1. The molecule has 0 aliphatic heterocycles. The second-order valence-corrected chi connectivity index (χ2v) is 4.12. The number of rotatable bonds is 4. The van der Waals surface area contributed by atoms with Crippen LogP contribution >= 0.6 is 0 Å². The molecule has 1 aromatic carbocycles. The van der Waals surface area contributed by atoms with Crippen LogP contribution in [0.1, 0.15) is 19.8 Å². The summed E-state index contributed by atoms with van der Waals surface area (Å²) in [6.07, 6.45) is 1.26. The molecule has 1 saturated carbocycles. The quantitative estimate of drug-likeness (QED) is 0.875. The van der Waals surface area contributed by atoms with Crippen molar-refractivity contribution in [2.75, 3.05) is 0 Å². The van der Waals surface area contributed by atoms with Crippen molar-refractivity contribution in [3.63, 3.8) is 0 Å². The minimum absolute atomic E-state index is 0.141. The molecule has 1 atom stereocenters. The summed E-state index contributed by atoms with van der Waals surface area (Å²) in [7, 11) is 0. The van der Waals surface area contributed by atoms with Gasteiger partial charge in [0.1, 0.15) is 5.75 Å². The summed E-state index contributed by atoms with van der Waals surface area (Å²) in [6.45, 7) is 1.57. The Balaban J connectivity index is 1.94. The number of amides is 1. The van der Waals surface area contributed by atoms with E-state index < -0.39 is 17.7 Å². The minimum Gasteiger partial charge on any atom is -0.481 e. The molecule has 2 rings (SSSR count). The van der Waals surface area contributed by atoms with Gasteiger partial charge in [-0.05, 0) is 31.9 Å². The van der Waals surface area contributed by atoms with Crippen molar-refractivity contribution in [2.24, 2.45) is 0 Å². The van der Waals surface area contributed by atoms with Crippen LogP contribution in [0.4, 0.5) is 8.78 Å². The van der Waals surface area contributed by atoms with Crippen LogP contribution in [0.2, 0.25) is 0 Å². The third-order valence-electron chi connectivity index (χ3n) is 2.50. The monoisotopic (exact) mass is 241 g/mol. The molecular formula is C12H13F2NO2. The van der Waals surface area contributed by atoms with Crippen LogP contribution in [0, 0.1) is 11.6 Å². The van der Waals surface area contributed by atoms with Gasteiger partial charge in [0.25, 0.3) is 5.91 Å². The topological polar surface area (TPSA) is 38.3 Å². The summed E-state index contributed by atoms with van der Waals surface area (Å²) < 4.78 is 30.8. The van der Waals surface area contributed by atoms with E-state index in [4.69, 9.17) is 4.74 Å². The van der Waals surface area contributed by atoms with Crippen LogP contribution < -0.4 is 10.1 Å². The maximum Gasteiger partial charge on any atom is 0.260 e. The van der Waals surface area contributed by atoms with E-state index in [-0.39, 0.29) is 17.7 Å². The Labute approximate surface area is 97.8 Å². The molecule has 0 spiro atoms. The Kier molecular flexibility index (Phi) is 3.26. The highest BCUT2D eigenvalue weighted by Crippen LogP contribution is 2.20. The van der Waals surface area contributed by atoms with Gasteiger partial charge in [-0.1, -0.05) is 0 Å². The lowest BCUT2D eigenvalue weighted by Crippen LogP contribution is -2.37. The molecule has 0 saturated heterocycles. The Morgan fingerprint density at radius 3 is 2.71 bits per heavy atom. The smallest absolute Gasteiger partial charge is 0.260 e. The van der Waals surface area contributed by atoms with Gasteiger partial charge in [0.2, 0.25) is 0 Å². The van der Waals surface area contributed by atoms with E-state index in [1.54, 1.807) is 6.92 Å². The van der Waals surface area contributed by atoms with E-state index in [2.05, 4.69) is 5.32 Å². The molecule has 1 aliphatic carbocycles. The maximum atomic E-state index is 12.9. The molecule has 0 radical (unpaired) electrons. The summed E-state index contributed by atoms with van der Waals surface area (Å²) >= 11 is 0. The molecule has 3 nitrogen and oxygen atoms in total. The number of carbonyl (C=O) groups is 1. The standard InChI is InChI=1S/C12H13F2NO2/c1-7(12(16)15-8-2-3-8)17-9-4-5-10(13)11(14)6-9/h4-8H,2-3H2,1H3,(H,15,16). The Bertz CT molecular complexity index is 433. The summed E-state index contributed by atoms with van der Waals surface area (Å²) in [6, 6.07) is 3.43. The highest BCUT2D eigenvalue weighted by Gasteiger charge is 2.26. The van der Waals surface area contributed by atoms with Gasteiger partial charge in [0, 0.05) is 12.1 Å². The summed E-state index contributed by atoms with van der Waals surface area (Å²) in [5.74, 6) is -2.02. The number of nitrogens with one attached hydrogen (secondary N) is 1. The van der Waals surface area contributed by atoms with Gasteiger partial charge < -0.3 is 10.1 Å². The van der Waals surface area contributed by atoms with Crippen molar-refractivity contribution in [1.82, 2.24) is 5.32 Å². The SMILES string of the molecule is CC(Oc1ccc(F)c(F)c1)C(=O)NC1CC1. The number of halogens is 2. The van der Waals surface area contributed by atoms with Gasteiger partial charge in [-0.25, -0.2) is 8.78 Å². The molecule has 0 bridgehead atoms. The number of carbonyl (C=O) groups excluding carboxylic acids is 1. The van der Waals surface area contributed by atoms with Crippen LogP contribution in [0.3, 0.4) is 0 Å². The van der Waals surface area contributed by atoms with Crippen LogP contribution in [-0.4, -0.2) is 18.1 Å². The second-order valence-electron chi connectivity index (χ2n) is 4.12. The van der Waals surface area contributed by atoms with E-state index in [0.717, 1.165) is 25.0 Å². The van der Waals surface area contributed by atoms with Gasteiger partial charge >= 0.3 is 0 Å². The highest BCUT2D eigenvalue weighted by atomic mass is 19.2. The predicted octanol–water partition coefficient (Wildman–Crippen LogP) is 2.01. The lowest BCUT2D eigenvalue weighted by molar-refractivity contribution is -0.127. The molecule has 1 aliphatic rings. The Morgan fingerprint density at radius 1 is 1.41 bits per heavy atom. The van der Waals surface area contributed by atoms with Gasteiger partial charge in [-0.2, -0.15) is 0 Å². The number of benzene rings is 1. The summed E-state index contributed by atoms with van der Waals surface area (Å²) in [5, 5.41) is 2.77. The van der Waals surface area contributed by atoms with Gasteiger partial charge in [0.15, 0.2) is 17.7 Å². The summed E-state index contributed by atoms with van der Waals surface area (Å²) in [4.78, 5) is 11.5. The first kappa shape index (κ1) is 11.8. The van der Waals surface area contributed by atoms with E-state index in [1.807, 2.05) is 0 Å². The molecular weight excluding hydrogens is 228 g/mol. The molecule has 1 amide bonds. The second kappa shape index (κ2) is 4.69. The normalized spacial score (nSPS) is 16.4. The van der Waals surface area contributed by atoms with Crippen molar-refractivity contribution in [3.8, 4) is 5.75 Å². The Morgan fingerprint density at radius 2 is 2.12 bits per heavy atom. The van der Waals surface area contributed by atoms with Crippen molar-refractivity contribution < 1.29 is 18.3 Å². The average molecular weight is 241 g/mol. The third-order valence-corrected chi connectivity index (χ3v) is 2.50. The fourth-order valence-electron chi connectivity index (χ4n) is 1.35. The third kappa shape index (κ3) is 3.15. The van der Waals surface area contributed by atoms with Crippen molar-refractivity contribution in [3.05, 3.63) is 29.8 Å². The lowest BCUT2D eigenvalue weighted by atomic mass is 10.3. The zero-order valence-electron chi connectivity index (χ0n) is 9.37. The van der Waals surface area contributed by atoms with Crippen LogP contribution in [0.25, 0.3) is 0 Å². The van der Waals surface area contributed by atoms with E-state index in [0.29, 0.717) is 0 Å².